The molecule has 7 bridgehead atoms. The minimum atomic E-state index is -4.86. The summed E-state index contributed by atoms with van der Waals surface area (Å²) >= 11 is 0. The number of ether oxygens (including phenoxy) is 4. The normalized spacial score (nSPS) is 41.5. The van der Waals surface area contributed by atoms with Crippen molar-refractivity contribution in [3.63, 3.8) is 0 Å². The first-order valence-corrected chi connectivity index (χ1v) is 18.3. The molecule has 5 aliphatic carbocycles. The second-order valence-electron chi connectivity index (χ2n) is 15.9. The molecule has 2 aromatic rings. The summed E-state index contributed by atoms with van der Waals surface area (Å²) in [6.07, 6.45) is -3.67. The van der Waals surface area contributed by atoms with Gasteiger partial charge in [-0.2, -0.15) is 0 Å². The number of halogens is 3. The average molecular weight is 730 g/mol. The fraction of sp³-hybridized carbons (Fsp3) is 0.641. The summed E-state index contributed by atoms with van der Waals surface area (Å²) in [5, 5.41) is 36.9. The number of carbonyl (C=O) groups is 2. The molecule has 3 unspecified atom stereocenters. The molecule has 12 atom stereocenters. The molecule has 6 aliphatic rings. The maximum atomic E-state index is 14.4. The van der Waals surface area contributed by atoms with E-state index in [0.29, 0.717) is 44.3 Å². The van der Waals surface area contributed by atoms with E-state index in [1.807, 2.05) is 6.92 Å². The molecule has 52 heavy (non-hydrogen) atoms. The van der Waals surface area contributed by atoms with E-state index in [9.17, 15) is 38.1 Å². The van der Waals surface area contributed by atoms with E-state index in [2.05, 4.69) is 9.64 Å². The van der Waals surface area contributed by atoms with Crippen molar-refractivity contribution in [3.05, 3.63) is 65.2 Å². The van der Waals surface area contributed by atoms with E-state index in [0.717, 1.165) is 12.1 Å². The molecular weight excluding hydrogens is 683 g/mol. The molecule has 13 heteroatoms. The van der Waals surface area contributed by atoms with Crippen molar-refractivity contribution in [2.24, 2.45) is 35.0 Å². The highest BCUT2D eigenvalue weighted by atomic mass is 19.4. The van der Waals surface area contributed by atoms with Gasteiger partial charge in [0.05, 0.1) is 17.8 Å². The van der Waals surface area contributed by atoms with Crippen LogP contribution in [0.2, 0.25) is 0 Å². The first-order valence-electron chi connectivity index (χ1n) is 18.3. The van der Waals surface area contributed by atoms with E-state index in [1.165, 1.54) is 12.1 Å². The van der Waals surface area contributed by atoms with Gasteiger partial charge >= 0.3 is 12.3 Å². The minimum Gasteiger partial charge on any atom is -0.454 e. The molecular formula is C39H46F3NO9. The number of hydrogen-bond acceptors (Lipinski definition) is 10. The summed E-state index contributed by atoms with van der Waals surface area (Å²) in [5.41, 5.74) is -4.00. The molecule has 0 aromatic heterocycles. The van der Waals surface area contributed by atoms with Crippen molar-refractivity contribution in [1.82, 2.24) is 4.90 Å². The van der Waals surface area contributed by atoms with Crippen molar-refractivity contribution >= 4 is 11.8 Å². The second kappa shape index (κ2) is 12.2. The molecule has 282 valence electrons. The highest BCUT2D eigenvalue weighted by Crippen LogP contribution is 2.80. The maximum Gasteiger partial charge on any atom is 0.573 e. The third kappa shape index (κ3) is 4.71. The van der Waals surface area contributed by atoms with E-state index < -0.39 is 64.0 Å². The zero-order chi connectivity index (χ0) is 37.0. The molecule has 2 aromatic carbocycles. The van der Waals surface area contributed by atoms with Crippen LogP contribution < -0.4 is 4.74 Å². The number of carbonyl (C=O) groups excluding carboxylic acids is 2. The monoisotopic (exact) mass is 729 g/mol. The van der Waals surface area contributed by atoms with Gasteiger partial charge in [0.15, 0.2) is 5.78 Å². The summed E-state index contributed by atoms with van der Waals surface area (Å²) < 4.78 is 60.6. The Kier molecular flexibility index (Phi) is 8.45. The van der Waals surface area contributed by atoms with Crippen LogP contribution in [0.15, 0.2) is 48.5 Å². The SMILES string of the molecule is CCN1C[C@]2(OC(=O)c3ccccc3CC(=O)c3ccc(OC(F)(F)F)cc3)CC[C@H](CO)[C@]34C1[C@H](CC23)[C@@]1(O)C[C@H](OC)[C@H]2CC4[C@]1(O)[C@H]2OC. The summed E-state index contributed by atoms with van der Waals surface area (Å²) in [6, 6.07) is 11.2. The first-order chi connectivity index (χ1) is 24.7. The van der Waals surface area contributed by atoms with Crippen LogP contribution in [-0.2, 0) is 20.6 Å². The van der Waals surface area contributed by atoms with Crippen molar-refractivity contribution in [2.75, 3.05) is 33.9 Å². The van der Waals surface area contributed by atoms with E-state index in [-0.39, 0.29) is 60.5 Å². The van der Waals surface area contributed by atoms with Crippen molar-refractivity contribution < 1.29 is 57.0 Å². The number of aliphatic hydroxyl groups is 3. The summed E-state index contributed by atoms with van der Waals surface area (Å²) in [5.74, 6) is -2.90. The Balaban J connectivity index is 1.14. The van der Waals surface area contributed by atoms with Gasteiger partial charge in [0, 0.05) is 80.9 Å². The van der Waals surface area contributed by atoms with Gasteiger partial charge in [-0.3, -0.25) is 9.69 Å². The fourth-order valence-electron chi connectivity index (χ4n) is 12.8. The minimum absolute atomic E-state index is 0.101. The lowest BCUT2D eigenvalue weighted by molar-refractivity contribution is -0.333. The highest BCUT2D eigenvalue weighted by molar-refractivity contribution is 6.00. The summed E-state index contributed by atoms with van der Waals surface area (Å²) in [6.45, 7) is 2.99. The molecule has 1 spiro atoms. The fourth-order valence-corrected chi connectivity index (χ4v) is 12.8. The molecule has 5 saturated carbocycles. The van der Waals surface area contributed by atoms with Crippen molar-refractivity contribution in [2.45, 2.75) is 86.9 Å². The Morgan fingerprint density at radius 2 is 1.73 bits per heavy atom. The summed E-state index contributed by atoms with van der Waals surface area (Å²) in [7, 11) is 3.21. The zero-order valence-electron chi connectivity index (χ0n) is 29.5. The number of aliphatic hydroxyl groups excluding tert-OH is 1. The number of alkyl halides is 3. The molecule has 6 fully saturated rings. The zero-order valence-corrected chi connectivity index (χ0v) is 29.5. The van der Waals surface area contributed by atoms with E-state index in [4.69, 9.17) is 14.2 Å². The van der Waals surface area contributed by atoms with Crippen molar-refractivity contribution in [3.8, 4) is 5.75 Å². The van der Waals surface area contributed by atoms with Gasteiger partial charge in [-0.15, -0.1) is 13.2 Å². The molecule has 3 N–H and O–H groups in total. The molecule has 8 rings (SSSR count). The third-order valence-corrected chi connectivity index (χ3v) is 14.3. The lowest BCUT2D eigenvalue weighted by Crippen LogP contribution is -2.82. The van der Waals surface area contributed by atoms with Crippen LogP contribution >= 0.6 is 0 Å². The van der Waals surface area contributed by atoms with Crippen LogP contribution in [0.25, 0.3) is 0 Å². The van der Waals surface area contributed by atoms with Gasteiger partial charge in [0.25, 0.3) is 0 Å². The van der Waals surface area contributed by atoms with Gasteiger partial charge < -0.3 is 34.3 Å². The number of rotatable bonds is 10. The number of methoxy groups -OCH3 is 2. The number of esters is 1. The number of fused-ring (bicyclic) bond motifs is 2. The second-order valence-corrected chi connectivity index (χ2v) is 15.9. The standard InChI is InChI=1S/C39H46F3NO9/c1-4-43-20-35(52-34(46)25-8-6-5-7-22(25)15-28(45)21-9-11-24(12-10-21)51-39(40,41)42)14-13-23(19-44)37-30(35)17-27(32(37)43)36(47)18-29(49-2)26-16-31(37)38(36,48)33(26)50-3/h5-12,23,26-27,29-33,44,47-48H,4,13-20H2,1-3H3/t23-,26-,27+,29+,30?,31?,32?,33+,35-,36+,37+,38+/m1/s1. The molecule has 1 saturated heterocycles. The van der Waals surface area contributed by atoms with Crippen LogP contribution in [0, 0.1) is 35.0 Å². The Bertz CT molecular complexity index is 1740. The lowest BCUT2D eigenvalue weighted by atomic mass is 9.42. The smallest absolute Gasteiger partial charge is 0.454 e. The lowest BCUT2D eigenvalue weighted by Gasteiger charge is -2.71. The number of hydrogen-bond donors (Lipinski definition) is 3. The number of ketones is 1. The van der Waals surface area contributed by atoms with Crippen LogP contribution in [0.3, 0.4) is 0 Å². The van der Waals surface area contributed by atoms with Gasteiger partial charge in [0.1, 0.15) is 22.6 Å². The Hall–Kier alpha value is -3.07. The third-order valence-electron chi connectivity index (χ3n) is 14.3. The number of benzene rings is 2. The molecule has 1 aliphatic heterocycles. The van der Waals surface area contributed by atoms with Crippen LogP contribution in [0.5, 0.6) is 5.75 Å². The van der Waals surface area contributed by atoms with Crippen LogP contribution in [0.4, 0.5) is 13.2 Å². The molecule has 1 heterocycles. The quantitative estimate of drug-likeness (QED) is 0.242. The number of nitrogens with zero attached hydrogens (tertiary/aromatic N) is 1. The largest absolute Gasteiger partial charge is 0.573 e. The predicted molar refractivity (Wildman–Crippen MR) is 178 cm³/mol. The highest BCUT2D eigenvalue weighted by Gasteiger charge is 2.88. The van der Waals surface area contributed by atoms with Crippen molar-refractivity contribution in [1.29, 1.82) is 0 Å². The maximum absolute atomic E-state index is 14.4. The predicted octanol–water partition coefficient (Wildman–Crippen LogP) is 4.18. The Morgan fingerprint density at radius 1 is 1.00 bits per heavy atom. The number of piperidine rings is 1. The average Bonchev–Trinajstić information content (AvgIpc) is 3.54. The number of likely N-dealkylation sites (N-methyl/N-ethyl adjacent to an activating group) is 1. The van der Waals surface area contributed by atoms with E-state index in [1.54, 1.807) is 38.5 Å². The van der Waals surface area contributed by atoms with Gasteiger partial charge in [-0.1, -0.05) is 25.1 Å². The Labute approximate surface area is 300 Å². The number of likely N-dealkylation sites (tertiary alicyclic amines) is 1. The molecule has 0 radical (unpaired) electrons. The number of Topliss-reactive ketones (excluding diaryl/α,β-unsaturated/α-hetero) is 1. The van der Waals surface area contributed by atoms with Gasteiger partial charge in [-0.05, 0) is 74.0 Å². The first kappa shape index (κ1) is 35.9. The molecule has 10 nitrogen and oxygen atoms in total. The van der Waals surface area contributed by atoms with Crippen LogP contribution in [0.1, 0.15) is 65.3 Å². The van der Waals surface area contributed by atoms with Gasteiger partial charge in [-0.25, -0.2) is 4.79 Å². The molecule has 0 amide bonds. The topological polar surface area (TPSA) is 135 Å². The van der Waals surface area contributed by atoms with Crippen LogP contribution in [-0.4, -0.2) is 107 Å². The van der Waals surface area contributed by atoms with Gasteiger partial charge in [0.2, 0.25) is 0 Å². The van der Waals surface area contributed by atoms with E-state index >= 15 is 0 Å². The summed E-state index contributed by atoms with van der Waals surface area (Å²) in [4.78, 5) is 30.1. The Morgan fingerprint density at radius 3 is 2.38 bits per heavy atom.